The van der Waals surface area contributed by atoms with Crippen LogP contribution in [0.25, 0.3) is 0 Å². The summed E-state index contributed by atoms with van der Waals surface area (Å²) in [6, 6.07) is 1.66. The first kappa shape index (κ1) is 12.0. The summed E-state index contributed by atoms with van der Waals surface area (Å²) >= 11 is 0. The van der Waals surface area contributed by atoms with E-state index in [9.17, 15) is 4.79 Å². The van der Waals surface area contributed by atoms with E-state index in [4.69, 9.17) is 9.63 Å². The van der Waals surface area contributed by atoms with Crippen molar-refractivity contribution in [3.05, 3.63) is 35.2 Å². The summed E-state index contributed by atoms with van der Waals surface area (Å²) in [4.78, 5) is 19.0. The molecule has 0 fully saturated rings. The van der Waals surface area contributed by atoms with Crippen LogP contribution < -0.4 is 5.32 Å². The van der Waals surface area contributed by atoms with E-state index in [0.717, 1.165) is 5.69 Å². The highest BCUT2D eigenvalue weighted by molar-refractivity contribution is 5.93. The van der Waals surface area contributed by atoms with Crippen LogP contribution in [0.4, 0.5) is 5.69 Å². The Morgan fingerprint density at radius 3 is 2.89 bits per heavy atom. The van der Waals surface area contributed by atoms with Crippen LogP contribution >= 0.6 is 0 Å². The van der Waals surface area contributed by atoms with Crippen LogP contribution in [0.5, 0.6) is 0 Å². The Bertz CT molecular complexity index is 579. The van der Waals surface area contributed by atoms with E-state index >= 15 is 0 Å². The average molecular weight is 248 g/mol. The first-order valence-electron chi connectivity index (χ1n) is 5.29. The molecule has 0 saturated carbocycles. The zero-order valence-electron chi connectivity index (χ0n) is 9.97. The molecule has 2 N–H and O–H groups in total. The lowest BCUT2D eigenvalue weighted by Crippen LogP contribution is -2.07. The molecule has 2 aromatic heterocycles. The van der Waals surface area contributed by atoms with Crippen molar-refractivity contribution in [2.24, 2.45) is 0 Å². The van der Waals surface area contributed by atoms with E-state index in [1.165, 1.54) is 6.20 Å². The Morgan fingerprint density at radius 2 is 2.28 bits per heavy atom. The minimum absolute atomic E-state index is 0.108. The summed E-state index contributed by atoms with van der Waals surface area (Å²) in [5.41, 5.74) is 1.31. The number of rotatable bonds is 4. The van der Waals surface area contributed by atoms with Gasteiger partial charge in [-0.2, -0.15) is 4.98 Å². The topological polar surface area (TPSA) is 101 Å². The minimum Gasteiger partial charge on any atom is -0.478 e. The van der Waals surface area contributed by atoms with Crippen LogP contribution in [-0.2, 0) is 6.54 Å². The van der Waals surface area contributed by atoms with Crippen molar-refractivity contribution in [2.45, 2.75) is 20.4 Å². The summed E-state index contributed by atoms with van der Waals surface area (Å²) in [5, 5.41) is 15.6. The molecule has 0 amide bonds. The molecular formula is C11H12N4O3. The highest BCUT2D eigenvalue weighted by Gasteiger charge is 2.11. The van der Waals surface area contributed by atoms with Crippen LogP contribution in [0.2, 0.25) is 0 Å². The Balaban J connectivity index is 2.17. The number of aromatic nitrogens is 3. The third kappa shape index (κ3) is 2.62. The molecule has 0 aliphatic rings. The van der Waals surface area contributed by atoms with Gasteiger partial charge in [-0.25, -0.2) is 4.79 Å². The molecule has 0 bridgehead atoms. The van der Waals surface area contributed by atoms with Gasteiger partial charge < -0.3 is 14.9 Å². The summed E-state index contributed by atoms with van der Waals surface area (Å²) in [5.74, 6) is -0.0961. The monoisotopic (exact) mass is 248 g/mol. The molecule has 2 rings (SSSR count). The number of carboxylic acid groups (broad SMARTS) is 1. The molecule has 0 atom stereocenters. The van der Waals surface area contributed by atoms with Gasteiger partial charge in [0.25, 0.3) is 0 Å². The summed E-state index contributed by atoms with van der Waals surface area (Å²) < 4.78 is 4.93. The first-order chi connectivity index (χ1) is 8.56. The van der Waals surface area contributed by atoms with Crippen LogP contribution in [0, 0.1) is 13.8 Å². The Morgan fingerprint density at radius 1 is 1.50 bits per heavy atom. The van der Waals surface area contributed by atoms with Crippen molar-refractivity contribution in [3.8, 4) is 0 Å². The van der Waals surface area contributed by atoms with E-state index < -0.39 is 5.97 Å². The largest absolute Gasteiger partial charge is 0.478 e. The molecule has 0 unspecified atom stereocenters. The zero-order chi connectivity index (χ0) is 13.1. The minimum atomic E-state index is -1.04. The van der Waals surface area contributed by atoms with Gasteiger partial charge in [-0.1, -0.05) is 5.16 Å². The molecule has 94 valence electrons. The van der Waals surface area contributed by atoms with E-state index in [2.05, 4.69) is 20.4 Å². The predicted molar refractivity (Wildman–Crippen MR) is 62.3 cm³/mol. The number of carboxylic acids is 1. The van der Waals surface area contributed by atoms with Crippen LogP contribution in [0.3, 0.4) is 0 Å². The Labute approximate surface area is 103 Å². The van der Waals surface area contributed by atoms with Gasteiger partial charge in [0, 0.05) is 11.9 Å². The molecule has 2 aromatic rings. The molecule has 2 heterocycles. The summed E-state index contributed by atoms with van der Waals surface area (Å²) in [7, 11) is 0. The van der Waals surface area contributed by atoms with Crippen LogP contribution in [-0.4, -0.2) is 26.2 Å². The second kappa shape index (κ2) is 4.82. The second-order valence-electron chi connectivity index (χ2n) is 3.77. The predicted octanol–water partition coefficient (Wildman–Crippen LogP) is 1.39. The maximum Gasteiger partial charge on any atom is 0.339 e. The molecule has 18 heavy (non-hydrogen) atoms. The molecule has 0 spiro atoms. The SMILES string of the molecule is Cc1cc(NCc2nc(C)no2)c(C(=O)O)cn1. The van der Waals surface area contributed by atoms with E-state index in [1.54, 1.807) is 19.9 Å². The van der Waals surface area contributed by atoms with Crippen molar-refractivity contribution in [1.29, 1.82) is 0 Å². The van der Waals surface area contributed by atoms with Gasteiger partial charge in [-0.05, 0) is 19.9 Å². The maximum absolute atomic E-state index is 11.0. The van der Waals surface area contributed by atoms with Gasteiger partial charge in [0.2, 0.25) is 5.89 Å². The highest BCUT2D eigenvalue weighted by Crippen LogP contribution is 2.16. The van der Waals surface area contributed by atoms with Gasteiger partial charge in [0.05, 0.1) is 12.2 Å². The Hall–Kier alpha value is -2.44. The molecule has 0 aromatic carbocycles. The number of aromatic carboxylic acids is 1. The number of anilines is 1. The third-order valence-electron chi connectivity index (χ3n) is 2.27. The molecule has 0 aliphatic heterocycles. The average Bonchev–Trinajstić information content (AvgIpc) is 2.72. The lowest BCUT2D eigenvalue weighted by Gasteiger charge is -2.07. The number of nitrogens with one attached hydrogen (secondary N) is 1. The molecule has 7 nitrogen and oxygen atoms in total. The lowest BCUT2D eigenvalue weighted by molar-refractivity contribution is 0.0697. The van der Waals surface area contributed by atoms with Gasteiger partial charge in [0.1, 0.15) is 5.56 Å². The van der Waals surface area contributed by atoms with Crippen molar-refractivity contribution in [1.82, 2.24) is 15.1 Å². The van der Waals surface area contributed by atoms with E-state index in [-0.39, 0.29) is 12.1 Å². The first-order valence-corrected chi connectivity index (χ1v) is 5.29. The van der Waals surface area contributed by atoms with Crippen molar-refractivity contribution in [2.75, 3.05) is 5.32 Å². The van der Waals surface area contributed by atoms with E-state index in [0.29, 0.717) is 17.4 Å². The zero-order valence-corrected chi connectivity index (χ0v) is 9.97. The van der Waals surface area contributed by atoms with Gasteiger partial charge >= 0.3 is 5.97 Å². The molecule has 0 aliphatic carbocycles. The van der Waals surface area contributed by atoms with Gasteiger partial charge in [-0.15, -0.1) is 0 Å². The number of aryl methyl sites for hydroxylation is 2. The molecule has 7 heteroatoms. The number of carbonyl (C=O) groups is 1. The highest BCUT2D eigenvalue weighted by atomic mass is 16.5. The van der Waals surface area contributed by atoms with Gasteiger partial charge in [-0.3, -0.25) is 4.98 Å². The standard InChI is InChI=1S/C11H12N4O3/c1-6-3-9(8(4-12-6)11(16)17)13-5-10-14-7(2)15-18-10/h3-4H,5H2,1-2H3,(H,12,13)(H,16,17). The van der Waals surface area contributed by atoms with Crippen LogP contribution in [0.15, 0.2) is 16.8 Å². The molecule has 0 radical (unpaired) electrons. The van der Waals surface area contributed by atoms with Crippen molar-refractivity contribution >= 4 is 11.7 Å². The number of hydrogen-bond acceptors (Lipinski definition) is 6. The number of pyridine rings is 1. The number of hydrogen-bond donors (Lipinski definition) is 2. The molecular weight excluding hydrogens is 236 g/mol. The third-order valence-corrected chi connectivity index (χ3v) is 2.27. The Kier molecular flexibility index (Phi) is 3.22. The van der Waals surface area contributed by atoms with Gasteiger partial charge in [0.15, 0.2) is 5.82 Å². The fraction of sp³-hybridized carbons (Fsp3) is 0.273. The lowest BCUT2D eigenvalue weighted by atomic mass is 10.2. The fourth-order valence-corrected chi connectivity index (χ4v) is 1.46. The van der Waals surface area contributed by atoms with Crippen molar-refractivity contribution < 1.29 is 14.4 Å². The smallest absolute Gasteiger partial charge is 0.339 e. The second-order valence-corrected chi connectivity index (χ2v) is 3.77. The maximum atomic E-state index is 11.0. The fourth-order valence-electron chi connectivity index (χ4n) is 1.46. The number of nitrogens with zero attached hydrogens (tertiary/aromatic N) is 3. The quantitative estimate of drug-likeness (QED) is 0.842. The summed E-state index contributed by atoms with van der Waals surface area (Å²) in [6.07, 6.45) is 1.32. The van der Waals surface area contributed by atoms with Crippen molar-refractivity contribution in [3.63, 3.8) is 0 Å². The normalized spacial score (nSPS) is 10.3. The van der Waals surface area contributed by atoms with Crippen LogP contribution in [0.1, 0.15) is 27.8 Å². The van der Waals surface area contributed by atoms with E-state index in [1.807, 2.05) is 0 Å². The molecule has 0 saturated heterocycles. The summed E-state index contributed by atoms with van der Waals surface area (Å²) in [6.45, 7) is 3.77.